The van der Waals surface area contributed by atoms with Crippen LogP contribution in [0.3, 0.4) is 0 Å². The molecule has 1 aromatic carbocycles. The van der Waals surface area contributed by atoms with E-state index in [1.807, 2.05) is 37.3 Å². The zero-order valence-corrected chi connectivity index (χ0v) is 16.9. The molecule has 29 heavy (non-hydrogen) atoms. The van der Waals surface area contributed by atoms with E-state index in [1.165, 1.54) is 11.3 Å². The number of aromatic nitrogens is 3. The molecule has 2 aromatic heterocycles. The summed E-state index contributed by atoms with van der Waals surface area (Å²) in [6, 6.07) is 14.2. The van der Waals surface area contributed by atoms with Gasteiger partial charge in [-0.15, -0.1) is 0 Å². The van der Waals surface area contributed by atoms with Crippen molar-refractivity contribution in [3.63, 3.8) is 0 Å². The number of hydrogen-bond acceptors (Lipinski definition) is 7. The molecule has 3 aromatic rings. The molecule has 0 radical (unpaired) electrons. The highest BCUT2D eigenvalue weighted by Crippen LogP contribution is 2.22. The topological polar surface area (TPSA) is 66.4 Å². The molecule has 1 aliphatic rings. The summed E-state index contributed by atoms with van der Waals surface area (Å²) in [6.07, 6.45) is 3.60. The predicted octanol–water partition coefficient (Wildman–Crippen LogP) is 3.13. The predicted molar refractivity (Wildman–Crippen MR) is 116 cm³/mol. The van der Waals surface area contributed by atoms with Crippen molar-refractivity contribution in [1.82, 2.24) is 15.0 Å². The van der Waals surface area contributed by atoms with E-state index in [0.717, 1.165) is 49.4 Å². The van der Waals surface area contributed by atoms with Crippen LogP contribution in [0.2, 0.25) is 0 Å². The van der Waals surface area contributed by atoms with Crippen LogP contribution >= 0.6 is 0 Å². The van der Waals surface area contributed by atoms with Crippen molar-refractivity contribution in [2.45, 2.75) is 13.5 Å². The number of anilines is 3. The van der Waals surface area contributed by atoms with Gasteiger partial charge in [-0.1, -0.05) is 0 Å². The van der Waals surface area contributed by atoms with Crippen molar-refractivity contribution in [3.05, 3.63) is 66.1 Å². The number of aryl methyl sites for hydroxylation is 1. The third kappa shape index (κ3) is 4.74. The minimum Gasteiger partial charge on any atom is -0.497 e. The van der Waals surface area contributed by atoms with Crippen LogP contribution in [0.1, 0.15) is 11.3 Å². The van der Waals surface area contributed by atoms with Crippen molar-refractivity contribution in [3.8, 4) is 5.75 Å². The van der Waals surface area contributed by atoms with Crippen molar-refractivity contribution in [1.29, 1.82) is 0 Å². The fourth-order valence-corrected chi connectivity index (χ4v) is 3.44. The van der Waals surface area contributed by atoms with Crippen LogP contribution in [0.5, 0.6) is 5.75 Å². The average Bonchev–Trinajstić information content (AvgIpc) is 2.78. The fourth-order valence-electron chi connectivity index (χ4n) is 3.44. The number of ether oxygens (including phenoxy) is 1. The Bertz CT molecular complexity index is 924. The van der Waals surface area contributed by atoms with Gasteiger partial charge in [-0.25, -0.2) is 4.98 Å². The van der Waals surface area contributed by atoms with Crippen molar-refractivity contribution in [2.24, 2.45) is 0 Å². The highest BCUT2D eigenvalue weighted by atomic mass is 16.5. The fraction of sp³-hybridized carbons (Fsp3) is 0.318. The van der Waals surface area contributed by atoms with Gasteiger partial charge in [-0.05, 0) is 48.9 Å². The molecule has 1 saturated heterocycles. The molecule has 7 nitrogen and oxygen atoms in total. The van der Waals surface area contributed by atoms with Crippen LogP contribution < -0.4 is 19.9 Å². The summed E-state index contributed by atoms with van der Waals surface area (Å²) < 4.78 is 5.25. The first-order valence-corrected chi connectivity index (χ1v) is 9.84. The molecule has 0 bridgehead atoms. The normalized spacial score (nSPS) is 14.0. The Morgan fingerprint density at radius 1 is 0.931 bits per heavy atom. The van der Waals surface area contributed by atoms with Gasteiger partial charge in [0.15, 0.2) is 0 Å². The van der Waals surface area contributed by atoms with Gasteiger partial charge in [0.2, 0.25) is 5.95 Å². The maximum Gasteiger partial charge on any atom is 0.227 e. The first-order valence-electron chi connectivity index (χ1n) is 9.84. The molecule has 0 spiro atoms. The van der Waals surface area contributed by atoms with Crippen LogP contribution in [-0.2, 0) is 6.54 Å². The summed E-state index contributed by atoms with van der Waals surface area (Å²) in [5, 5.41) is 3.40. The number of benzene rings is 1. The SMILES string of the molecule is COc1ccc(N2CCN(c3nc(C)cc(NCc4ccncc4)n3)CC2)cc1. The van der Waals surface area contributed by atoms with E-state index in [-0.39, 0.29) is 0 Å². The second-order valence-electron chi connectivity index (χ2n) is 7.08. The lowest BCUT2D eigenvalue weighted by molar-refractivity contribution is 0.415. The molecular formula is C22H26N6O. The van der Waals surface area contributed by atoms with Gasteiger partial charge in [0.25, 0.3) is 0 Å². The van der Waals surface area contributed by atoms with Gasteiger partial charge < -0.3 is 19.9 Å². The third-order valence-electron chi connectivity index (χ3n) is 5.07. The maximum absolute atomic E-state index is 5.25. The zero-order valence-electron chi connectivity index (χ0n) is 16.9. The van der Waals surface area contributed by atoms with E-state index >= 15 is 0 Å². The van der Waals surface area contributed by atoms with E-state index in [2.05, 4.69) is 37.2 Å². The van der Waals surface area contributed by atoms with Gasteiger partial charge in [-0.3, -0.25) is 4.98 Å². The second-order valence-corrected chi connectivity index (χ2v) is 7.08. The second kappa shape index (κ2) is 8.77. The lowest BCUT2D eigenvalue weighted by Crippen LogP contribution is -2.47. The molecule has 0 atom stereocenters. The van der Waals surface area contributed by atoms with E-state index in [9.17, 15) is 0 Å². The average molecular weight is 390 g/mol. The van der Waals surface area contributed by atoms with Gasteiger partial charge in [0.1, 0.15) is 11.6 Å². The molecule has 150 valence electrons. The lowest BCUT2D eigenvalue weighted by Gasteiger charge is -2.36. The van der Waals surface area contributed by atoms with Crippen LogP contribution in [0.4, 0.5) is 17.5 Å². The van der Waals surface area contributed by atoms with E-state index < -0.39 is 0 Å². The molecule has 0 amide bonds. The van der Waals surface area contributed by atoms with Gasteiger partial charge in [-0.2, -0.15) is 4.98 Å². The Hall–Kier alpha value is -3.35. The molecule has 1 aliphatic heterocycles. The molecule has 1 fully saturated rings. The van der Waals surface area contributed by atoms with E-state index in [1.54, 1.807) is 19.5 Å². The molecule has 7 heteroatoms. The number of rotatable bonds is 6. The largest absolute Gasteiger partial charge is 0.497 e. The van der Waals surface area contributed by atoms with Crippen LogP contribution in [0.25, 0.3) is 0 Å². The Morgan fingerprint density at radius 2 is 1.62 bits per heavy atom. The molecule has 3 heterocycles. The zero-order chi connectivity index (χ0) is 20.1. The monoisotopic (exact) mass is 390 g/mol. The molecule has 0 saturated carbocycles. The van der Waals surface area contributed by atoms with Gasteiger partial charge in [0, 0.05) is 62.6 Å². The summed E-state index contributed by atoms with van der Waals surface area (Å²) in [5.41, 5.74) is 3.35. The third-order valence-corrected chi connectivity index (χ3v) is 5.07. The maximum atomic E-state index is 5.25. The first kappa shape index (κ1) is 19.0. The number of nitrogens with one attached hydrogen (secondary N) is 1. The first-order chi connectivity index (χ1) is 14.2. The van der Waals surface area contributed by atoms with E-state index in [0.29, 0.717) is 6.54 Å². The minimum absolute atomic E-state index is 0.712. The summed E-state index contributed by atoms with van der Waals surface area (Å²) >= 11 is 0. The number of methoxy groups -OCH3 is 1. The minimum atomic E-state index is 0.712. The standard InChI is InChI=1S/C22H26N6O/c1-17-15-21(24-16-18-7-9-23-10-8-18)26-22(25-17)28-13-11-27(12-14-28)19-3-5-20(29-2)6-4-19/h3-10,15H,11-14,16H2,1-2H3,(H,24,25,26). The van der Waals surface area contributed by atoms with Crippen LogP contribution in [0.15, 0.2) is 54.9 Å². The van der Waals surface area contributed by atoms with Gasteiger partial charge in [0.05, 0.1) is 7.11 Å². The number of nitrogens with zero attached hydrogens (tertiary/aromatic N) is 5. The molecule has 0 unspecified atom stereocenters. The summed E-state index contributed by atoms with van der Waals surface area (Å²) in [7, 11) is 1.69. The summed E-state index contributed by atoms with van der Waals surface area (Å²) in [5.74, 6) is 2.52. The van der Waals surface area contributed by atoms with Crippen molar-refractivity contribution >= 4 is 17.5 Å². The molecule has 1 N–H and O–H groups in total. The molecular weight excluding hydrogens is 364 g/mol. The Balaban J connectivity index is 1.39. The van der Waals surface area contributed by atoms with Crippen LogP contribution in [-0.4, -0.2) is 48.2 Å². The number of hydrogen-bond donors (Lipinski definition) is 1. The smallest absolute Gasteiger partial charge is 0.227 e. The Labute approximate surface area is 171 Å². The van der Waals surface area contributed by atoms with Crippen molar-refractivity contribution in [2.75, 3.05) is 48.4 Å². The van der Waals surface area contributed by atoms with E-state index in [4.69, 9.17) is 9.72 Å². The quantitative estimate of drug-likeness (QED) is 0.694. The highest BCUT2D eigenvalue weighted by Gasteiger charge is 2.20. The lowest BCUT2D eigenvalue weighted by atomic mass is 10.2. The van der Waals surface area contributed by atoms with Crippen LogP contribution in [0, 0.1) is 6.92 Å². The van der Waals surface area contributed by atoms with Crippen molar-refractivity contribution < 1.29 is 4.74 Å². The number of pyridine rings is 1. The van der Waals surface area contributed by atoms with Gasteiger partial charge >= 0.3 is 0 Å². The molecule has 0 aliphatic carbocycles. The molecule has 4 rings (SSSR count). The summed E-state index contributed by atoms with van der Waals surface area (Å²) in [4.78, 5) is 18.1. The number of piperazine rings is 1. The highest BCUT2D eigenvalue weighted by molar-refractivity contribution is 5.51. The Morgan fingerprint density at radius 3 is 2.31 bits per heavy atom. The Kier molecular flexibility index (Phi) is 5.74. The summed E-state index contributed by atoms with van der Waals surface area (Å²) in [6.45, 7) is 6.37.